The maximum absolute atomic E-state index is 11.6. The Balaban J connectivity index is 2.17. The molecule has 1 aromatic heterocycles. The van der Waals surface area contributed by atoms with E-state index in [-0.39, 0.29) is 5.97 Å². The molecule has 1 aliphatic carbocycles. The van der Waals surface area contributed by atoms with Crippen LogP contribution in [0.1, 0.15) is 29.2 Å². The number of hydrogen-bond donors (Lipinski definition) is 0. The van der Waals surface area contributed by atoms with Crippen LogP contribution in [0.3, 0.4) is 0 Å². The van der Waals surface area contributed by atoms with Gasteiger partial charge in [-0.1, -0.05) is 0 Å². The molecule has 1 saturated carbocycles. The highest BCUT2D eigenvalue weighted by atomic mass is 79.9. The van der Waals surface area contributed by atoms with Gasteiger partial charge in [-0.2, -0.15) is 5.10 Å². The molecule has 1 fully saturated rings. The number of aromatic nitrogens is 2. The summed E-state index contributed by atoms with van der Waals surface area (Å²) in [5, 5.41) is 5.34. The molecule has 4 nitrogen and oxygen atoms in total. The molecule has 0 amide bonds. The lowest BCUT2D eigenvalue weighted by Crippen LogP contribution is -2.02. The van der Waals surface area contributed by atoms with Crippen molar-refractivity contribution in [2.75, 3.05) is 7.11 Å². The zero-order valence-corrected chi connectivity index (χ0v) is 10.9. The Morgan fingerprint density at radius 2 is 2.29 bits per heavy atom. The SMILES string of the molecule is COC(=O)c1cc2cnn(C3CC3)c2cc1Br. The Hall–Kier alpha value is -1.36. The van der Waals surface area contributed by atoms with Crippen LogP contribution in [0.15, 0.2) is 22.8 Å². The molecule has 2 aromatic rings. The van der Waals surface area contributed by atoms with Crippen molar-refractivity contribution in [1.82, 2.24) is 9.78 Å². The van der Waals surface area contributed by atoms with E-state index in [2.05, 4.69) is 21.0 Å². The molecular weight excluding hydrogens is 284 g/mol. The molecule has 0 spiro atoms. The summed E-state index contributed by atoms with van der Waals surface area (Å²) in [7, 11) is 1.38. The number of fused-ring (bicyclic) bond motifs is 1. The van der Waals surface area contributed by atoms with Crippen LogP contribution in [-0.2, 0) is 4.74 Å². The van der Waals surface area contributed by atoms with E-state index in [1.807, 2.05) is 16.8 Å². The van der Waals surface area contributed by atoms with Gasteiger partial charge >= 0.3 is 5.97 Å². The number of rotatable bonds is 2. The van der Waals surface area contributed by atoms with Crippen molar-refractivity contribution in [2.24, 2.45) is 0 Å². The second-order valence-corrected chi connectivity index (χ2v) is 5.06. The van der Waals surface area contributed by atoms with Crippen LogP contribution in [0.5, 0.6) is 0 Å². The molecule has 0 radical (unpaired) electrons. The van der Waals surface area contributed by atoms with Gasteiger partial charge in [0.1, 0.15) is 0 Å². The third kappa shape index (κ3) is 1.74. The van der Waals surface area contributed by atoms with E-state index in [1.165, 1.54) is 20.0 Å². The van der Waals surface area contributed by atoms with Crippen molar-refractivity contribution >= 4 is 32.8 Å². The predicted molar refractivity (Wildman–Crippen MR) is 67.0 cm³/mol. The maximum atomic E-state index is 11.6. The summed E-state index contributed by atoms with van der Waals surface area (Å²) in [6, 6.07) is 4.28. The number of carbonyl (C=O) groups is 1. The first-order valence-electron chi connectivity index (χ1n) is 5.46. The van der Waals surface area contributed by atoms with Gasteiger partial charge in [-0.15, -0.1) is 0 Å². The fraction of sp³-hybridized carbons (Fsp3) is 0.333. The van der Waals surface area contributed by atoms with Gasteiger partial charge in [-0.25, -0.2) is 4.79 Å². The molecule has 1 heterocycles. The summed E-state index contributed by atoms with van der Waals surface area (Å²) >= 11 is 3.41. The fourth-order valence-corrected chi connectivity index (χ4v) is 2.44. The Kier molecular flexibility index (Phi) is 2.43. The second-order valence-electron chi connectivity index (χ2n) is 4.20. The van der Waals surface area contributed by atoms with Crippen molar-refractivity contribution in [3.63, 3.8) is 0 Å². The molecule has 3 rings (SSSR count). The van der Waals surface area contributed by atoms with Crippen molar-refractivity contribution < 1.29 is 9.53 Å². The van der Waals surface area contributed by atoms with Gasteiger partial charge in [0.25, 0.3) is 0 Å². The van der Waals surface area contributed by atoms with Crippen LogP contribution < -0.4 is 0 Å². The summed E-state index contributed by atoms with van der Waals surface area (Å²) in [6.07, 6.45) is 4.17. The smallest absolute Gasteiger partial charge is 0.339 e. The summed E-state index contributed by atoms with van der Waals surface area (Å²) in [4.78, 5) is 11.6. The number of carbonyl (C=O) groups excluding carboxylic acids is 1. The Labute approximate surface area is 107 Å². The minimum atomic E-state index is -0.335. The lowest BCUT2D eigenvalue weighted by molar-refractivity contribution is 0.0600. The van der Waals surface area contributed by atoms with Crippen LogP contribution in [0.25, 0.3) is 10.9 Å². The fourth-order valence-electron chi connectivity index (χ4n) is 1.94. The Bertz CT molecular complexity index is 602. The molecule has 0 unspecified atom stereocenters. The molecule has 0 saturated heterocycles. The first kappa shape index (κ1) is 10.8. The average Bonchev–Trinajstić information content (AvgIpc) is 3.09. The Morgan fingerprint density at radius 3 is 2.94 bits per heavy atom. The molecule has 0 N–H and O–H groups in total. The number of esters is 1. The number of benzene rings is 1. The van der Waals surface area contributed by atoms with Crippen LogP contribution in [0.2, 0.25) is 0 Å². The molecule has 0 bridgehead atoms. The topological polar surface area (TPSA) is 44.1 Å². The molecule has 0 aliphatic heterocycles. The van der Waals surface area contributed by atoms with E-state index in [9.17, 15) is 4.79 Å². The van der Waals surface area contributed by atoms with Crippen LogP contribution >= 0.6 is 15.9 Å². The first-order chi connectivity index (χ1) is 8.20. The number of ether oxygens (including phenoxy) is 1. The number of halogens is 1. The standard InChI is InChI=1S/C12H11BrN2O2/c1-17-12(16)9-4-7-6-14-15(8-2-3-8)11(7)5-10(9)13/h4-6,8H,2-3H2,1H3. The third-order valence-electron chi connectivity index (χ3n) is 2.98. The van der Waals surface area contributed by atoms with Crippen LogP contribution in [-0.4, -0.2) is 22.9 Å². The highest BCUT2D eigenvalue weighted by Crippen LogP contribution is 2.37. The highest BCUT2D eigenvalue weighted by molar-refractivity contribution is 9.10. The second kappa shape index (κ2) is 3.84. The number of hydrogen-bond acceptors (Lipinski definition) is 3. The molecule has 88 valence electrons. The van der Waals surface area contributed by atoms with Gasteiger partial charge < -0.3 is 4.74 Å². The van der Waals surface area contributed by atoms with E-state index < -0.39 is 0 Å². The van der Waals surface area contributed by atoms with Gasteiger partial charge in [-0.3, -0.25) is 4.68 Å². The normalized spacial score (nSPS) is 15.2. The van der Waals surface area contributed by atoms with E-state index in [1.54, 1.807) is 6.20 Å². The predicted octanol–water partition coefficient (Wildman–Crippen LogP) is 2.92. The van der Waals surface area contributed by atoms with Crippen molar-refractivity contribution in [3.8, 4) is 0 Å². The van der Waals surface area contributed by atoms with Gasteiger partial charge in [0.05, 0.1) is 30.4 Å². The largest absolute Gasteiger partial charge is 0.465 e. The lowest BCUT2D eigenvalue weighted by atomic mass is 10.1. The minimum Gasteiger partial charge on any atom is -0.465 e. The lowest BCUT2D eigenvalue weighted by Gasteiger charge is -2.04. The van der Waals surface area contributed by atoms with Gasteiger partial charge in [0, 0.05) is 9.86 Å². The molecule has 17 heavy (non-hydrogen) atoms. The molecule has 1 aliphatic rings. The zero-order chi connectivity index (χ0) is 12.0. The van der Waals surface area contributed by atoms with E-state index in [0.717, 1.165) is 15.4 Å². The summed E-state index contributed by atoms with van der Waals surface area (Å²) in [5.74, 6) is -0.335. The summed E-state index contributed by atoms with van der Waals surface area (Å²) in [6.45, 7) is 0. The van der Waals surface area contributed by atoms with E-state index in [4.69, 9.17) is 4.74 Å². The molecule has 1 aromatic carbocycles. The number of nitrogens with zero attached hydrogens (tertiary/aromatic N) is 2. The van der Waals surface area contributed by atoms with E-state index in [0.29, 0.717) is 11.6 Å². The highest BCUT2D eigenvalue weighted by Gasteiger charge is 2.26. The van der Waals surface area contributed by atoms with Crippen molar-refractivity contribution in [3.05, 3.63) is 28.4 Å². The third-order valence-corrected chi connectivity index (χ3v) is 3.64. The Morgan fingerprint density at radius 1 is 1.53 bits per heavy atom. The molecule has 0 atom stereocenters. The maximum Gasteiger partial charge on any atom is 0.339 e. The zero-order valence-electron chi connectivity index (χ0n) is 9.31. The van der Waals surface area contributed by atoms with Gasteiger partial charge in [0.2, 0.25) is 0 Å². The molecule has 5 heteroatoms. The van der Waals surface area contributed by atoms with Crippen molar-refractivity contribution in [2.45, 2.75) is 18.9 Å². The van der Waals surface area contributed by atoms with Gasteiger partial charge in [0.15, 0.2) is 0 Å². The summed E-state index contributed by atoms with van der Waals surface area (Å²) in [5.41, 5.74) is 1.60. The van der Waals surface area contributed by atoms with Gasteiger partial charge in [-0.05, 0) is 40.9 Å². The average molecular weight is 295 g/mol. The van der Waals surface area contributed by atoms with E-state index >= 15 is 0 Å². The van der Waals surface area contributed by atoms with Crippen LogP contribution in [0.4, 0.5) is 0 Å². The first-order valence-corrected chi connectivity index (χ1v) is 6.25. The monoisotopic (exact) mass is 294 g/mol. The molecular formula is C12H11BrN2O2. The number of methoxy groups -OCH3 is 1. The van der Waals surface area contributed by atoms with Crippen LogP contribution in [0, 0.1) is 0 Å². The summed E-state index contributed by atoms with van der Waals surface area (Å²) < 4.78 is 7.51. The quantitative estimate of drug-likeness (QED) is 0.800. The van der Waals surface area contributed by atoms with Crippen molar-refractivity contribution in [1.29, 1.82) is 0 Å². The minimum absolute atomic E-state index is 0.335.